The van der Waals surface area contributed by atoms with E-state index < -0.39 is 0 Å². The molecular weight excluding hydrogens is 422 g/mol. The number of nitrogens with zero attached hydrogens (tertiary/aromatic N) is 4. The van der Waals surface area contributed by atoms with Gasteiger partial charge < -0.3 is 10.4 Å². The first-order valence-electron chi connectivity index (χ1n) is 9.50. The molecule has 0 unspecified atom stereocenters. The number of aliphatic hydroxyl groups is 1. The molecule has 3 heterocycles. The van der Waals surface area contributed by atoms with Gasteiger partial charge in [-0.25, -0.2) is 0 Å². The standard InChI is InChI=1S/C17H15ClN4S.C4H9NO2/c1-9-10(2)23-17-15(9)16(12-4-6-13(18)7-5-12)19-8-14-21-20-11(3)22(14)17;1-4(7)5-2-3-6/h4-7H,8H2,1-3H3;6H,2-3H2,1H3,(H,5,7). The third kappa shape index (κ3) is 4.61. The van der Waals surface area contributed by atoms with E-state index in [9.17, 15) is 4.79 Å². The number of aromatic nitrogens is 3. The Hall–Kier alpha value is -2.55. The largest absolute Gasteiger partial charge is 0.395 e. The number of aliphatic hydroxyl groups excluding tert-OH is 1. The summed E-state index contributed by atoms with van der Waals surface area (Å²) in [6.45, 7) is 8.59. The lowest BCUT2D eigenvalue weighted by Crippen LogP contribution is -2.22. The molecule has 0 atom stereocenters. The lowest BCUT2D eigenvalue weighted by molar-refractivity contribution is -0.119. The molecule has 1 aliphatic rings. The highest BCUT2D eigenvalue weighted by Gasteiger charge is 2.26. The molecule has 4 rings (SSSR count). The van der Waals surface area contributed by atoms with Gasteiger partial charge in [0, 0.05) is 34.5 Å². The summed E-state index contributed by atoms with van der Waals surface area (Å²) in [7, 11) is 0. The van der Waals surface area contributed by atoms with Gasteiger partial charge in [-0.05, 0) is 38.5 Å². The van der Waals surface area contributed by atoms with Gasteiger partial charge in [0.05, 0.1) is 12.3 Å². The predicted octanol–water partition coefficient (Wildman–Crippen LogP) is 3.37. The van der Waals surface area contributed by atoms with Crippen LogP contribution in [-0.2, 0) is 11.3 Å². The van der Waals surface area contributed by atoms with E-state index in [1.165, 1.54) is 22.9 Å². The van der Waals surface area contributed by atoms with Crippen LogP contribution in [0.5, 0.6) is 0 Å². The Balaban J connectivity index is 0.000000318. The molecule has 3 aromatic rings. The average Bonchev–Trinajstić information content (AvgIpc) is 3.16. The van der Waals surface area contributed by atoms with Crippen molar-refractivity contribution < 1.29 is 9.90 Å². The number of carbonyl (C=O) groups is 1. The molecule has 1 aliphatic heterocycles. The van der Waals surface area contributed by atoms with Crippen molar-refractivity contribution in [1.82, 2.24) is 20.1 Å². The number of carbonyl (C=O) groups excluding carboxylic acids is 1. The number of thiophene rings is 1. The topological polar surface area (TPSA) is 92.4 Å². The summed E-state index contributed by atoms with van der Waals surface area (Å²) in [5, 5.41) is 20.9. The van der Waals surface area contributed by atoms with E-state index in [1.54, 1.807) is 11.3 Å². The third-order valence-corrected chi connectivity index (χ3v) is 6.12. The highest BCUT2D eigenvalue weighted by molar-refractivity contribution is 7.15. The fourth-order valence-corrected chi connectivity index (χ4v) is 4.47. The minimum absolute atomic E-state index is 0.0135. The van der Waals surface area contributed by atoms with Crippen molar-refractivity contribution in [2.45, 2.75) is 34.2 Å². The number of fused-ring (bicyclic) bond motifs is 3. The molecule has 1 amide bonds. The Bertz CT molecular complexity index is 1090. The monoisotopic (exact) mass is 445 g/mol. The molecule has 0 saturated carbocycles. The summed E-state index contributed by atoms with van der Waals surface area (Å²) in [4.78, 5) is 16.1. The van der Waals surface area contributed by atoms with Crippen molar-refractivity contribution in [3.63, 3.8) is 0 Å². The molecule has 30 heavy (non-hydrogen) atoms. The number of aryl methyl sites for hydroxylation is 2. The SMILES string of the molecule is CC(=O)NCCO.Cc1sc2c(c1C)C(c1ccc(Cl)cc1)=NCc1nnc(C)n1-2. The Labute approximate surface area is 184 Å². The second-order valence-electron chi connectivity index (χ2n) is 6.84. The molecule has 0 saturated heterocycles. The predicted molar refractivity (Wildman–Crippen MR) is 120 cm³/mol. The highest BCUT2D eigenvalue weighted by Crippen LogP contribution is 2.36. The highest BCUT2D eigenvalue weighted by atomic mass is 35.5. The van der Waals surface area contributed by atoms with Gasteiger partial charge in [0.25, 0.3) is 0 Å². The zero-order valence-electron chi connectivity index (χ0n) is 17.4. The molecule has 0 radical (unpaired) electrons. The zero-order chi connectivity index (χ0) is 21.8. The number of nitrogens with one attached hydrogen (secondary N) is 1. The van der Waals surface area contributed by atoms with Gasteiger partial charge in [0.15, 0.2) is 5.82 Å². The van der Waals surface area contributed by atoms with Crippen molar-refractivity contribution in [1.29, 1.82) is 0 Å². The molecule has 0 bridgehead atoms. The molecule has 0 aliphatic carbocycles. The minimum atomic E-state index is -0.103. The molecular formula is C21H24ClN5O2S. The quantitative estimate of drug-likeness (QED) is 0.646. The number of hydrogen-bond acceptors (Lipinski definition) is 6. The first-order valence-corrected chi connectivity index (χ1v) is 10.7. The van der Waals surface area contributed by atoms with E-state index in [0.29, 0.717) is 13.1 Å². The molecule has 158 valence electrons. The lowest BCUT2D eigenvalue weighted by Gasteiger charge is -2.09. The molecule has 9 heteroatoms. The van der Waals surface area contributed by atoms with Crippen LogP contribution in [0.3, 0.4) is 0 Å². The van der Waals surface area contributed by atoms with Crippen LogP contribution < -0.4 is 5.32 Å². The van der Waals surface area contributed by atoms with Gasteiger partial charge in [-0.1, -0.05) is 23.7 Å². The number of aliphatic imine (C=N–C) groups is 1. The van der Waals surface area contributed by atoms with Crippen LogP contribution in [0, 0.1) is 20.8 Å². The normalized spacial score (nSPS) is 12.1. The van der Waals surface area contributed by atoms with E-state index in [2.05, 4.69) is 33.9 Å². The summed E-state index contributed by atoms with van der Waals surface area (Å²) < 4.78 is 2.13. The van der Waals surface area contributed by atoms with Crippen molar-refractivity contribution in [3.8, 4) is 5.00 Å². The lowest BCUT2D eigenvalue weighted by atomic mass is 10.00. The van der Waals surface area contributed by atoms with Gasteiger partial charge in [0.1, 0.15) is 17.4 Å². The van der Waals surface area contributed by atoms with Gasteiger partial charge in [-0.3, -0.25) is 14.4 Å². The van der Waals surface area contributed by atoms with E-state index in [4.69, 9.17) is 21.7 Å². The van der Waals surface area contributed by atoms with Gasteiger partial charge >= 0.3 is 0 Å². The van der Waals surface area contributed by atoms with E-state index in [-0.39, 0.29) is 12.5 Å². The maximum absolute atomic E-state index is 9.98. The first-order chi connectivity index (χ1) is 14.3. The number of halogens is 1. The number of benzene rings is 1. The maximum Gasteiger partial charge on any atom is 0.216 e. The molecule has 0 spiro atoms. The third-order valence-electron chi connectivity index (χ3n) is 4.68. The summed E-state index contributed by atoms with van der Waals surface area (Å²) in [5.41, 5.74) is 4.52. The van der Waals surface area contributed by atoms with Crippen LogP contribution in [0.2, 0.25) is 5.02 Å². The van der Waals surface area contributed by atoms with E-state index in [1.807, 2.05) is 31.2 Å². The van der Waals surface area contributed by atoms with Gasteiger partial charge in [0.2, 0.25) is 5.91 Å². The van der Waals surface area contributed by atoms with Gasteiger partial charge in [-0.2, -0.15) is 0 Å². The fraction of sp³-hybridized carbons (Fsp3) is 0.333. The summed E-state index contributed by atoms with van der Waals surface area (Å²) >= 11 is 7.80. The van der Waals surface area contributed by atoms with Crippen LogP contribution in [-0.4, -0.2) is 44.6 Å². The van der Waals surface area contributed by atoms with Crippen molar-refractivity contribution in [3.05, 3.63) is 62.5 Å². The fourth-order valence-electron chi connectivity index (χ4n) is 3.12. The van der Waals surface area contributed by atoms with Crippen molar-refractivity contribution >= 4 is 34.6 Å². The van der Waals surface area contributed by atoms with Crippen LogP contribution in [0.1, 0.15) is 40.1 Å². The number of rotatable bonds is 3. The zero-order valence-corrected chi connectivity index (χ0v) is 18.9. The van der Waals surface area contributed by atoms with E-state index >= 15 is 0 Å². The Kier molecular flexibility index (Phi) is 7.02. The second-order valence-corrected chi connectivity index (χ2v) is 8.48. The average molecular weight is 446 g/mol. The summed E-state index contributed by atoms with van der Waals surface area (Å²) in [5.74, 6) is 1.68. The Morgan fingerprint density at radius 2 is 1.93 bits per heavy atom. The molecule has 2 aromatic heterocycles. The summed E-state index contributed by atoms with van der Waals surface area (Å²) in [6.07, 6.45) is 0. The molecule has 7 nitrogen and oxygen atoms in total. The smallest absolute Gasteiger partial charge is 0.216 e. The molecule has 0 fully saturated rings. The first kappa shape index (κ1) is 22.1. The number of hydrogen-bond donors (Lipinski definition) is 2. The van der Waals surface area contributed by atoms with Crippen molar-refractivity contribution in [2.75, 3.05) is 13.2 Å². The van der Waals surface area contributed by atoms with Crippen LogP contribution in [0.15, 0.2) is 29.3 Å². The minimum Gasteiger partial charge on any atom is -0.395 e. The number of amides is 1. The maximum atomic E-state index is 9.98. The Morgan fingerprint density at radius 1 is 1.23 bits per heavy atom. The van der Waals surface area contributed by atoms with Crippen LogP contribution >= 0.6 is 22.9 Å². The van der Waals surface area contributed by atoms with E-state index in [0.717, 1.165) is 32.9 Å². The van der Waals surface area contributed by atoms with Gasteiger partial charge in [-0.15, -0.1) is 21.5 Å². The molecule has 1 aromatic carbocycles. The Morgan fingerprint density at radius 3 is 2.53 bits per heavy atom. The van der Waals surface area contributed by atoms with Crippen LogP contribution in [0.4, 0.5) is 0 Å². The van der Waals surface area contributed by atoms with Crippen molar-refractivity contribution in [2.24, 2.45) is 4.99 Å². The second kappa shape index (κ2) is 9.51. The summed E-state index contributed by atoms with van der Waals surface area (Å²) in [6, 6.07) is 7.86. The molecule has 2 N–H and O–H groups in total. The van der Waals surface area contributed by atoms with Crippen LogP contribution in [0.25, 0.3) is 5.00 Å².